The molecule has 0 aromatic carbocycles. The molecular weight excluding hydrogens is 208 g/mol. The Bertz CT molecular complexity index is 279. The minimum Gasteiger partial charge on any atom is -0.390 e. The Kier molecular flexibility index (Phi) is 4.38. The number of carbonyl (C=O) groups is 3. The molecule has 7 heteroatoms. The summed E-state index contributed by atoms with van der Waals surface area (Å²) in [6, 6.07) is 0. The number of hydrogen-bond acceptors (Lipinski definition) is 7. The maximum atomic E-state index is 11.0. The van der Waals surface area contributed by atoms with Gasteiger partial charge in [-0.1, -0.05) is 0 Å². The highest BCUT2D eigenvalue weighted by atomic mass is 17.2. The van der Waals surface area contributed by atoms with Crippen molar-refractivity contribution in [1.82, 2.24) is 0 Å². The van der Waals surface area contributed by atoms with Crippen molar-refractivity contribution in [1.29, 1.82) is 0 Å². The highest BCUT2D eigenvalue weighted by molar-refractivity contribution is 6.32. The second kappa shape index (κ2) is 4.85. The van der Waals surface area contributed by atoms with Crippen molar-refractivity contribution in [3.05, 3.63) is 0 Å². The van der Waals surface area contributed by atoms with Gasteiger partial charge in [0.25, 0.3) is 0 Å². The lowest BCUT2D eigenvalue weighted by molar-refractivity contribution is -0.271. The first-order valence-corrected chi connectivity index (χ1v) is 4.04. The van der Waals surface area contributed by atoms with Crippen LogP contribution in [-0.4, -0.2) is 39.6 Å². The first-order chi connectivity index (χ1) is 6.69. The first kappa shape index (κ1) is 13.5. The molecule has 0 radical (unpaired) electrons. The van der Waals surface area contributed by atoms with Crippen LogP contribution in [0.4, 0.5) is 0 Å². The number of Topliss-reactive ketones (excluding diaryl/α,β-unsaturated/α-hetero) is 1. The molecule has 2 N–H and O–H groups in total. The molecule has 7 nitrogen and oxygen atoms in total. The first-order valence-electron chi connectivity index (χ1n) is 4.04. The average molecular weight is 220 g/mol. The summed E-state index contributed by atoms with van der Waals surface area (Å²) in [5, 5.41) is 18.3. The molecule has 0 aliphatic heterocycles. The normalized spacial score (nSPS) is 16.1. The summed E-state index contributed by atoms with van der Waals surface area (Å²) >= 11 is 0. The molecule has 0 aromatic rings. The molecule has 2 atom stereocenters. The van der Waals surface area contributed by atoms with Crippen molar-refractivity contribution >= 4 is 17.7 Å². The Morgan fingerprint density at radius 1 is 1.27 bits per heavy atom. The van der Waals surface area contributed by atoms with Gasteiger partial charge in [-0.05, 0) is 13.8 Å². The lowest BCUT2D eigenvalue weighted by atomic mass is 10.0. The van der Waals surface area contributed by atoms with Gasteiger partial charge in [0.2, 0.25) is 5.78 Å². The fourth-order valence-electron chi connectivity index (χ4n) is 0.389. The quantitative estimate of drug-likeness (QED) is 0.346. The van der Waals surface area contributed by atoms with Crippen molar-refractivity contribution in [3.63, 3.8) is 0 Å². The van der Waals surface area contributed by atoms with E-state index in [0.29, 0.717) is 0 Å². The zero-order valence-corrected chi connectivity index (χ0v) is 8.51. The summed E-state index contributed by atoms with van der Waals surface area (Å²) in [6.07, 6.45) is -1.42. The fourth-order valence-corrected chi connectivity index (χ4v) is 0.389. The van der Waals surface area contributed by atoms with Crippen LogP contribution < -0.4 is 0 Å². The Morgan fingerprint density at radius 3 is 2.07 bits per heavy atom. The van der Waals surface area contributed by atoms with Crippen molar-refractivity contribution in [2.75, 3.05) is 0 Å². The maximum Gasteiger partial charge on any atom is 0.421 e. The van der Waals surface area contributed by atoms with E-state index in [-0.39, 0.29) is 0 Å². The van der Waals surface area contributed by atoms with Gasteiger partial charge in [-0.2, -0.15) is 0 Å². The molecule has 0 aliphatic rings. The van der Waals surface area contributed by atoms with E-state index in [2.05, 4.69) is 9.78 Å². The van der Waals surface area contributed by atoms with Gasteiger partial charge in [-0.3, -0.25) is 4.79 Å². The minimum atomic E-state index is -2.21. The molecule has 0 saturated carbocycles. The summed E-state index contributed by atoms with van der Waals surface area (Å²) in [5.74, 6) is -3.70. The molecular formula is C8H12O7. The summed E-state index contributed by atoms with van der Waals surface area (Å²) in [6.45, 7) is 3.04. The van der Waals surface area contributed by atoms with Crippen molar-refractivity contribution in [2.45, 2.75) is 32.5 Å². The van der Waals surface area contributed by atoms with E-state index >= 15 is 0 Å². The van der Waals surface area contributed by atoms with E-state index in [4.69, 9.17) is 5.11 Å². The third-order valence-corrected chi connectivity index (χ3v) is 1.71. The lowest BCUT2D eigenvalue weighted by Gasteiger charge is -2.22. The molecule has 0 aromatic heterocycles. The van der Waals surface area contributed by atoms with Crippen LogP contribution in [0.2, 0.25) is 0 Å². The number of hydrogen-bond donors (Lipinski definition) is 2. The Morgan fingerprint density at radius 2 is 1.73 bits per heavy atom. The molecule has 2 unspecified atom stereocenters. The standard InChI is InChI=1S/C8H12O7/c1-4(9)6(11)14-15-7(12)8(3,13)5(2)10/h5,10,13H,1-3H3. The minimum absolute atomic E-state index is 0.920. The largest absolute Gasteiger partial charge is 0.421 e. The number of ketones is 1. The topological polar surface area (TPSA) is 110 Å². The molecule has 0 aliphatic carbocycles. The predicted molar refractivity (Wildman–Crippen MR) is 45.2 cm³/mol. The fraction of sp³-hybridized carbons (Fsp3) is 0.625. The SMILES string of the molecule is CC(=O)C(=O)OOC(=O)C(C)(O)C(C)O. The number of rotatable bonds is 3. The Labute approximate surface area is 85.5 Å². The summed E-state index contributed by atoms with van der Waals surface area (Å²) in [4.78, 5) is 39.6. The van der Waals surface area contributed by atoms with Crippen LogP contribution in [0.3, 0.4) is 0 Å². The molecule has 0 amide bonds. The van der Waals surface area contributed by atoms with Gasteiger partial charge in [0.15, 0.2) is 5.60 Å². The molecule has 0 heterocycles. The molecule has 0 saturated heterocycles. The smallest absolute Gasteiger partial charge is 0.390 e. The van der Waals surface area contributed by atoms with Crippen LogP contribution in [0.1, 0.15) is 20.8 Å². The van der Waals surface area contributed by atoms with Crippen LogP contribution in [-0.2, 0) is 24.2 Å². The average Bonchev–Trinajstić information content (AvgIpc) is 2.12. The van der Waals surface area contributed by atoms with Gasteiger partial charge in [-0.25, -0.2) is 19.4 Å². The van der Waals surface area contributed by atoms with Gasteiger partial charge in [0.1, 0.15) is 0 Å². The second-order valence-electron chi connectivity index (χ2n) is 3.12. The van der Waals surface area contributed by atoms with Crippen molar-refractivity contribution < 1.29 is 34.4 Å². The summed E-state index contributed by atoms with van der Waals surface area (Å²) < 4.78 is 0. The second-order valence-corrected chi connectivity index (χ2v) is 3.12. The van der Waals surface area contributed by atoms with E-state index in [1.54, 1.807) is 0 Å². The number of carbonyl (C=O) groups excluding carboxylic acids is 3. The molecule has 0 spiro atoms. The van der Waals surface area contributed by atoms with Gasteiger partial charge in [0, 0.05) is 6.92 Å². The van der Waals surface area contributed by atoms with Crippen LogP contribution in [0.25, 0.3) is 0 Å². The van der Waals surface area contributed by atoms with Gasteiger partial charge in [-0.15, -0.1) is 0 Å². The Balaban J connectivity index is 4.28. The number of aliphatic hydroxyl groups is 2. The monoisotopic (exact) mass is 220 g/mol. The van der Waals surface area contributed by atoms with Crippen molar-refractivity contribution in [3.8, 4) is 0 Å². The lowest BCUT2D eigenvalue weighted by Crippen LogP contribution is -2.46. The predicted octanol–water partition coefficient (Wildman–Crippen LogP) is -1.29. The highest BCUT2D eigenvalue weighted by Gasteiger charge is 2.39. The van der Waals surface area contributed by atoms with E-state index in [0.717, 1.165) is 20.8 Å². The van der Waals surface area contributed by atoms with E-state index < -0.39 is 29.4 Å². The number of aliphatic hydroxyl groups excluding tert-OH is 1. The molecule has 0 fully saturated rings. The van der Waals surface area contributed by atoms with E-state index in [1.807, 2.05) is 0 Å². The Hall–Kier alpha value is -1.47. The summed E-state index contributed by atoms with van der Waals surface area (Å²) in [7, 11) is 0. The molecule has 0 rings (SSSR count). The van der Waals surface area contributed by atoms with Crippen molar-refractivity contribution in [2.24, 2.45) is 0 Å². The highest BCUT2D eigenvalue weighted by Crippen LogP contribution is 2.11. The zero-order chi connectivity index (χ0) is 12.2. The van der Waals surface area contributed by atoms with Gasteiger partial charge in [0.05, 0.1) is 6.10 Å². The van der Waals surface area contributed by atoms with Crippen LogP contribution >= 0.6 is 0 Å². The molecule has 15 heavy (non-hydrogen) atoms. The van der Waals surface area contributed by atoms with E-state index in [9.17, 15) is 19.5 Å². The van der Waals surface area contributed by atoms with Crippen LogP contribution in [0.5, 0.6) is 0 Å². The maximum absolute atomic E-state index is 11.0. The summed E-state index contributed by atoms with van der Waals surface area (Å²) in [5.41, 5.74) is -2.21. The third kappa shape index (κ3) is 3.64. The van der Waals surface area contributed by atoms with Gasteiger partial charge < -0.3 is 10.2 Å². The molecule has 86 valence electrons. The zero-order valence-electron chi connectivity index (χ0n) is 8.51. The van der Waals surface area contributed by atoms with Crippen LogP contribution in [0, 0.1) is 0 Å². The third-order valence-electron chi connectivity index (χ3n) is 1.71. The van der Waals surface area contributed by atoms with E-state index in [1.165, 1.54) is 0 Å². The van der Waals surface area contributed by atoms with Gasteiger partial charge >= 0.3 is 11.9 Å². The van der Waals surface area contributed by atoms with Crippen LogP contribution in [0.15, 0.2) is 0 Å². The molecule has 0 bridgehead atoms.